The molecule has 1 aromatic rings. The SMILES string of the molecule is Cc1cccc(C(=O)NC(C(=O)N2CCC(C(N)=O)CC2)C(C)C)c1. The van der Waals surface area contributed by atoms with Crippen LogP contribution in [0, 0.1) is 18.8 Å². The number of benzene rings is 1. The second-order valence-corrected chi connectivity index (χ2v) is 7.07. The van der Waals surface area contributed by atoms with Crippen LogP contribution in [0.15, 0.2) is 24.3 Å². The van der Waals surface area contributed by atoms with Crippen molar-refractivity contribution in [2.45, 2.75) is 39.7 Å². The summed E-state index contributed by atoms with van der Waals surface area (Å²) in [7, 11) is 0. The van der Waals surface area contributed by atoms with E-state index in [2.05, 4.69) is 5.32 Å². The molecule has 2 rings (SSSR count). The fourth-order valence-electron chi connectivity index (χ4n) is 3.11. The smallest absolute Gasteiger partial charge is 0.251 e. The number of carbonyl (C=O) groups is 3. The van der Waals surface area contributed by atoms with Crippen LogP contribution < -0.4 is 11.1 Å². The van der Waals surface area contributed by atoms with Crippen molar-refractivity contribution in [3.8, 4) is 0 Å². The van der Waals surface area contributed by atoms with E-state index < -0.39 is 6.04 Å². The van der Waals surface area contributed by atoms with Gasteiger partial charge in [-0.1, -0.05) is 31.5 Å². The van der Waals surface area contributed by atoms with E-state index in [1.807, 2.05) is 32.9 Å². The number of nitrogens with two attached hydrogens (primary N) is 1. The largest absolute Gasteiger partial charge is 0.369 e. The fraction of sp³-hybridized carbons (Fsp3) is 0.526. The first-order chi connectivity index (χ1) is 11.8. The summed E-state index contributed by atoms with van der Waals surface area (Å²) in [6.07, 6.45) is 1.16. The predicted octanol–water partition coefficient (Wildman–Crippen LogP) is 1.47. The number of aryl methyl sites for hydroxylation is 1. The number of piperidine rings is 1. The van der Waals surface area contributed by atoms with Crippen LogP contribution >= 0.6 is 0 Å². The van der Waals surface area contributed by atoms with Gasteiger partial charge < -0.3 is 16.0 Å². The van der Waals surface area contributed by atoms with Gasteiger partial charge in [-0.15, -0.1) is 0 Å². The third kappa shape index (κ3) is 4.81. The highest BCUT2D eigenvalue weighted by molar-refractivity contribution is 5.97. The average molecular weight is 345 g/mol. The minimum Gasteiger partial charge on any atom is -0.369 e. The summed E-state index contributed by atoms with van der Waals surface area (Å²) in [5.41, 5.74) is 6.88. The summed E-state index contributed by atoms with van der Waals surface area (Å²) in [5.74, 6) is -0.847. The van der Waals surface area contributed by atoms with Gasteiger partial charge in [0.2, 0.25) is 11.8 Å². The lowest BCUT2D eigenvalue weighted by Crippen LogP contribution is -2.53. The number of nitrogens with one attached hydrogen (secondary N) is 1. The molecule has 1 aromatic carbocycles. The van der Waals surface area contributed by atoms with E-state index in [1.54, 1.807) is 17.0 Å². The Morgan fingerprint density at radius 3 is 2.36 bits per heavy atom. The molecule has 0 saturated carbocycles. The van der Waals surface area contributed by atoms with Crippen molar-refractivity contribution >= 4 is 17.7 Å². The van der Waals surface area contributed by atoms with Gasteiger partial charge in [0.1, 0.15) is 6.04 Å². The molecule has 3 N–H and O–H groups in total. The van der Waals surface area contributed by atoms with Gasteiger partial charge in [0, 0.05) is 24.6 Å². The molecule has 0 aliphatic carbocycles. The number of amides is 3. The first-order valence-corrected chi connectivity index (χ1v) is 8.75. The molecule has 1 atom stereocenters. The number of carbonyl (C=O) groups excluding carboxylic acids is 3. The number of likely N-dealkylation sites (tertiary alicyclic amines) is 1. The Hall–Kier alpha value is -2.37. The monoisotopic (exact) mass is 345 g/mol. The Balaban J connectivity index is 2.04. The maximum atomic E-state index is 12.8. The molecule has 1 saturated heterocycles. The zero-order valence-corrected chi connectivity index (χ0v) is 15.1. The zero-order valence-electron chi connectivity index (χ0n) is 15.1. The molecule has 1 aliphatic rings. The van der Waals surface area contributed by atoms with E-state index in [0.29, 0.717) is 31.5 Å². The molecule has 136 valence electrons. The van der Waals surface area contributed by atoms with E-state index in [1.165, 1.54) is 0 Å². The third-order valence-electron chi connectivity index (χ3n) is 4.71. The van der Waals surface area contributed by atoms with Crippen LogP contribution in [0.5, 0.6) is 0 Å². The molecular formula is C19H27N3O3. The normalized spacial score (nSPS) is 16.6. The Morgan fingerprint density at radius 1 is 1.20 bits per heavy atom. The second-order valence-electron chi connectivity index (χ2n) is 7.07. The summed E-state index contributed by atoms with van der Waals surface area (Å²) in [4.78, 5) is 38.3. The number of nitrogens with zero attached hydrogens (tertiary/aromatic N) is 1. The van der Waals surface area contributed by atoms with Crippen molar-refractivity contribution < 1.29 is 14.4 Å². The lowest BCUT2D eigenvalue weighted by molar-refractivity contribution is -0.137. The standard InChI is InChI=1S/C19H27N3O3/c1-12(2)16(21-18(24)15-6-4-5-13(3)11-15)19(25)22-9-7-14(8-10-22)17(20)23/h4-6,11-12,14,16H,7-10H2,1-3H3,(H2,20,23)(H,21,24). The quantitative estimate of drug-likeness (QED) is 0.846. The molecule has 1 heterocycles. The molecule has 25 heavy (non-hydrogen) atoms. The fourth-order valence-corrected chi connectivity index (χ4v) is 3.11. The summed E-state index contributed by atoms with van der Waals surface area (Å²) < 4.78 is 0. The molecular weight excluding hydrogens is 318 g/mol. The lowest BCUT2D eigenvalue weighted by atomic mass is 9.94. The van der Waals surface area contributed by atoms with Gasteiger partial charge in [-0.25, -0.2) is 0 Å². The Morgan fingerprint density at radius 2 is 1.84 bits per heavy atom. The van der Waals surface area contributed by atoms with Gasteiger partial charge in [-0.3, -0.25) is 14.4 Å². The van der Waals surface area contributed by atoms with E-state index >= 15 is 0 Å². The van der Waals surface area contributed by atoms with E-state index in [9.17, 15) is 14.4 Å². The van der Waals surface area contributed by atoms with Crippen LogP contribution in [-0.2, 0) is 9.59 Å². The van der Waals surface area contributed by atoms with Gasteiger partial charge in [0.15, 0.2) is 0 Å². The molecule has 0 bridgehead atoms. The van der Waals surface area contributed by atoms with Crippen molar-refractivity contribution in [3.05, 3.63) is 35.4 Å². The molecule has 3 amide bonds. The zero-order chi connectivity index (χ0) is 18.6. The second kappa shape index (κ2) is 8.14. The Labute approximate surface area is 148 Å². The predicted molar refractivity (Wildman–Crippen MR) is 95.8 cm³/mol. The summed E-state index contributed by atoms with van der Waals surface area (Å²) >= 11 is 0. The van der Waals surface area contributed by atoms with Crippen LogP contribution in [0.1, 0.15) is 42.6 Å². The molecule has 1 fully saturated rings. The van der Waals surface area contributed by atoms with Crippen molar-refractivity contribution in [2.24, 2.45) is 17.6 Å². The number of hydrogen-bond acceptors (Lipinski definition) is 3. The topological polar surface area (TPSA) is 92.5 Å². The van der Waals surface area contributed by atoms with E-state index in [-0.39, 0.29) is 29.6 Å². The first-order valence-electron chi connectivity index (χ1n) is 8.75. The maximum Gasteiger partial charge on any atom is 0.251 e. The Bertz CT molecular complexity index is 649. The van der Waals surface area contributed by atoms with Gasteiger partial charge in [-0.2, -0.15) is 0 Å². The van der Waals surface area contributed by atoms with Gasteiger partial charge in [0.25, 0.3) is 5.91 Å². The van der Waals surface area contributed by atoms with Crippen LogP contribution in [0.25, 0.3) is 0 Å². The van der Waals surface area contributed by atoms with Gasteiger partial charge >= 0.3 is 0 Å². The molecule has 0 aromatic heterocycles. The minimum atomic E-state index is -0.585. The highest BCUT2D eigenvalue weighted by atomic mass is 16.2. The highest BCUT2D eigenvalue weighted by Gasteiger charge is 2.32. The van der Waals surface area contributed by atoms with Crippen molar-refractivity contribution in [1.82, 2.24) is 10.2 Å². The number of rotatable bonds is 5. The molecule has 6 heteroatoms. The molecule has 0 radical (unpaired) electrons. The molecule has 1 unspecified atom stereocenters. The van der Waals surface area contributed by atoms with Crippen molar-refractivity contribution in [2.75, 3.05) is 13.1 Å². The first kappa shape index (κ1) is 19.0. The van der Waals surface area contributed by atoms with Crippen LogP contribution in [-0.4, -0.2) is 41.8 Å². The van der Waals surface area contributed by atoms with Gasteiger partial charge in [-0.05, 0) is 37.8 Å². The van der Waals surface area contributed by atoms with E-state index in [0.717, 1.165) is 5.56 Å². The summed E-state index contributed by atoms with van der Waals surface area (Å²) in [6.45, 7) is 6.74. The number of hydrogen-bond donors (Lipinski definition) is 2. The maximum absolute atomic E-state index is 12.8. The van der Waals surface area contributed by atoms with Crippen LogP contribution in [0.4, 0.5) is 0 Å². The number of primary amides is 1. The minimum absolute atomic E-state index is 0.0323. The van der Waals surface area contributed by atoms with Crippen LogP contribution in [0.2, 0.25) is 0 Å². The average Bonchev–Trinajstić information content (AvgIpc) is 2.58. The van der Waals surface area contributed by atoms with Gasteiger partial charge in [0.05, 0.1) is 0 Å². The van der Waals surface area contributed by atoms with E-state index in [4.69, 9.17) is 5.73 Å². The summed E-state index contributed by atoms with van der Waals surface area (Å²) in [6, 6.07) is 6.70. The highest BCUT2D eigenvalue weighted by Crippen LogP contribution is 2.19. The van der Waals surface area contributed by atoms with Crippen LogP contribution in [0.3, 0.4) is 0 Å². The molecule has 1 aliphatic heterocycles. The summed E-state index contributed by atoms with van der Waals surface area (Å²) in [5, 5.41) is 2.87. The molecule has 6 nitrogen and oxygen atoms in total. The third-order valence-corrected chi connectivity index (χ3v) is 4.71. The molecule has 0 spiro atoms. The van der Waals surface area contributed by atoms with Crippen molar-refractivity contribution in [3.63, 3.8) is 0 Å². The lowest BCUT2D eigenvalue weighted by Gasteiger charge is -2.34. The Kier molecular flexibility index (Phi) is 6.17. The van der Waals surface area contributed by atoms with Crippen molar-refractivity contribution in [1.29, 1.82) is 0 Å².